The lowest BCUT2D eigenvalue weighted by Gasteiger charge is -2.33. The first kappa shape index (κ1) is 32.4. The van der Waals surface area contributed by atoms with Crippen LogP contribution in [0.2, 0.25) is 0 Å². The molecule has 0 bridgehead atoms. The smallest absolute Gasteiger partial charge is 0.207 e. The molecule has 0 saturated heterocycles. The lowest BCUT2D eigenvalue weighted by atomic mass is 9.92. The number of allylic oxidation sites excluding steroid dienone is 1. The number of aryl methyl sites for hydroxylation is 1. The summed E-state index contributed by atoms with van der Waals surface area (Å²) in [7, 11) is 1.51. The normalized spacial score (nSPS) is 14.1. The average Bonchev–Trinajstić information content (AvgIpc) is 2.91. The standard InChI is InChI=1S/C26H33N5O.2C2H6/c1-7-21(26(28)30-20(5)32-6)10-11-24(29-8-2)23-17-31(14-13-19(23)4)25-12-9-18(3)15-22(25)16-27;2*1-2/h7-9,12,15H,2,5,10-11,13-14,17H2,1,3-4,6H3,(H2,28,30);2*1-2H3/b21-7-,29-24?;;. The number of hydrogen-bond donors (Lipinski definition) is 1. The minimum Gasteiger partial charge on any atom is -0.481 e. The molecule has 1 aromatic rings. The number of rotatable bonds is 9. The van der Waals surface area contributed by atoms with Crippen molar-refractivity contribution in [3.63, 3.8) is 0 Å². The SMILES string of the molecule is C=CN=C(CCC(=C/C)/C(N)=N\C(=C)OC)C1=C(C)CCN(c2ccc(C)cc2C#N)C1.CC.CC. The Bertz CT molecular complexity index is 1040. The fraction of sp³-hybridized carbons (Fsp3) is 0.433. The Morgan fingerprint density at radius 2 is 1.89 bits per heavy atom. The van der Waals surface area contributed by atoms with Gasteiger partial charge >= 0.3 is 0 Å². The van der Waals surface area contributed by atoms with Gasteiger partial charge in [-0.05, 0) is 75.5 Å². The molecule has 0 fully saturated rings. The van der Waals surface area contributed by atoms with E-state index in [0.29, 0.717) is 30.8 Å². The van der Waals surface area contributed by atoms with Gasteiger partial charge in [0.15, 0.2) is 0 Å². The molecule has 1 heterocycles. The Hall–Kier alpha value is -3.59. The minimum absolute atomic E-state index is 0.273. The summed E-state index contributed by atoms with van der Waals surface area (Å²) >= 11 is 0. The van der Waals surface area contributed by atoms with Gasteiger partial charge in [-0.1, -0.05) is 52.0 Å². The highest BCUT2D eigenvalue weighted by atomic mass is 16.5. The second-order valence-corrected chi connectivity index (χ2v) is 7.73. The van der Waals surface area contributed by atoms with Crippen molar-refractivity contribution in [2.45, 2.75) is 67.7 Å². The summed E-state index contributed by atoms with van der Waals surface area (Å²) in [6.45, 7) is 23.2. The van der Waals surface area contributed by atoms with Crippen molar-refractivity contribution in [3.8, 4) is 6.07 Å². The summed E-state index contributed by atoms with van der Waals surface area (Å²) in [5.41, 5.74) is 13.3. The highest BCUT2D eigenvalue weighted by Crippen LogP contribution is 2.29. The number of ether oxygens (including phenoxy) is 1. The van der Waals surface area contributed by atoms with Crippen LogP contribution in [0.5, 0.6) is 0 Å². The van der Waals surface area contributed by atoms with E-state index in [9.17, 15) is 5.26 Å². The topological polar surface area (TPSA) is 87.0 Å². The van der Waals surface area contributed by atoms with Crippen molar-refractivity contribution in [1.29, 1.82) is 5.26 Å². The molecular weight excluding hydrogens is 446 g/mol. The van der Waals surface area contributed by atoms with Crippen LogP contribution in [0.3, 0.4) is 0 Å². The lowest BCUT2D eigenvalue weighted by Crippen LogP contribution is -2.34. The molecule has 0 atom stereocenters. The molecule has 0 saturated carbocycles. The summed E-state index contributed by atoms with van der Waals surface area (Å²) in [6, 6.07) is 8.36. The van der Waals surface area contributed by atoms with Gasteiger partial charge in [0.25, 0.3) is 0 Å². The van der Waals surface area contributed by atoms with Gasteiger partial charge in [-0.3, -0.25) is 4.99 Å². The molecule has 0 unspecified atom stereocenters. The second kappa shape index (κ2) is 17.8. The van der Waals surface area contributed by atoms with Crippen LogP contribution in [0.4, 0.5) is 5.69 Å². The Morgan fingerprint density at radius 1 is 1.22 bits per heavy atom. The third-order valence-corrected chi connectivity index (χ3v) is 5.62. The number of aliphatic imine (C=N–C) groups is 2. The molecule has 196 valence electrons. The largest absolute Gasteiger partial charge is 0.481 e. The molecule has 1 aliphatic rings. The number of nitriles is 1. The van der Waals surface area contributed by atoms with Crippen molar-refractivity contribution < 1.29 is 4.74 Å². The molecule has 0 spiro atoms. The van der Waals surface area contributed by atoms with E-state index < -0.39 is 0 Å². The van der Waals surface area contributed by atoms with Gasteiger partial charge in [-0.25, -0.2) is 0 Å². The van der Waals surface area contributed by atoms with E-state index in [-0.39, 0.29) is 5.88 Å². The van der Waals surface area contributed by atoms with Crippen LogP contribution in [-0.2, 0) is 4.74 Å². The molecule has 6 nitrogen and oxygen atoms in total. The van der Waals surface area contributed by atoms with Gasteiger partial charge in [-0.2, -0.15) is 10.3 Å². The van der Waals surface area contributed by atoms with Crippen LogP contribution in [0, 0.1) is 18.3 Å². The molecular formula is C30H45N5O. The first-order valence-electron chi connectivity index (χ1n) is 12.7. The van der Waals surface area contributed by atoms with Crippen LogP contribution in [0.15, 0.2) is 76.2 Å². The average molecular weight is 492 g/mol. The first-order chi connectivity index (χ1) is 17.3. The number of benzene rings is 1. The van der Waals surface area contributed by atoms with E-state index in [2.05, 4.69) is 41.0 Å². The molecule has 2 rings (SSSR count). The van der Waals surface area contributed by atoms with Crippen molar-refractivity contribution >= 4 is 17.2 Å². The molecule has 36 heavy (non-hydrogen) atoms. The molecule has 0 aliphatic carbocycles. The maximum absolute atomic E-state index is 9.62. The number of nitrogens with zero attached hydrogens (tertiary/aromatic N) is 4. The summed E-state index contributed by atoms with van der Waals surface area (Å²) in [4.78, 5) is 11.1. The Kier molecular flexibility index (Phi) is 16.0. The van der Waals surface area contributed by atoms with Gasteiger partial charge in [-0.15, -0.1) is 0 Å². The van der Waals surface area contributed by atoms with Gasteiger partial charge in [0.05, 0.1) is 18.4 Å². The third-order valence-electron chi connectivity index (χ3n) is 5.62. The summed E-state index contributed by atoms with van der Waals surface area (Å²) in [5, 5.41) is 9.62. The van der Waals surface area contributed by atoms with Gasteiger partial charge < -0.3 is 15.4 Å². The highest BCUT2D eigenvalue weighted by Gasteiger charge is 2.22. The van der Waals surface area contributed by atoms with Crippen molar-refractivity contribution in [1.82, 2.24) is 0 Å². The lowest BCUT2D eigenvalue weighted by molar-refractivity contribution is 0.290. The number of methoxy groups -OCH3 is 1. The van der Waals surface area contributed by atoms with Gasteiger partial charge in [0.1, 0.15) is 11.9 Å². The van der Waals surface area contributed by atoms with E-state index in [4.69, 9.17) is 10.5 Å². The molecule has 1 aliphatic heterocycles. The van der Waals surface area contributed by atoms with E-state index >= 15 is 0 Å². The third kappa shape index (κ3) is 9.58. The first-order valence-corrected chi connectivity index (χ1v) is 12.7. The van der Waals surface area contributed by atoms with Crippen molar-refractivity contribution in [3.05, 3.63) is 77.4 Å². The Balaban J connectivity index is 0.00000291. The van der Waals surface area contributed by atoms with Crippen LogP contribution in [0.1, 0.15) is 71.9 Å². The van der Waals surface area contributed by atoms with Crippen molar-refractivity contribution in [2.24, 2.45) is 15.7 Å². The van der Waals surface area contributed by atoms with Crippen LogP contribution < -0.4 is 10.6 Å². The van der Waals surface area contributed by atoms with Crippen LogP contribution in [0.25, 0.3) is 0 Å². The predicted octanol–water partition coefficient (Wildman–Crippen LogP) is 7.23. The molecule has 1 aromatic carbocycles. The van der Waals surface area contributed by atoms with E-state index in [1.807, 2.05) is 65.8 Å². The number of anilines is 1. The Labute approximate surface area is 219 Å². The molecule has 2 N–H and O–H groups in total. The highest BCUT2D eigenvalue weighted by molar-refractivity contribution is 6.04. The zero-order valence-electron chi connectivity index (χ0n) is 23.6. The number of hydrogen-bond acceptors (Lipinski definition) is 5. The zero-order chi connectivity index (χ0) is 27.7. The number of nitrogens with two attached hydrogens (primary N) is 1. The quantitative estimate of drug-likeness (QED) is 0.224. The van der Waals surface area contributed by atoms with Crippen LogP contribution in [-0.4, -0.2) is 31.7 Å². The molecule has 0 amide bonds. The number of amidine groups is 1. The van der Waals surface area contributed by atoms with Gasteiger partial charge in [0.2, 0.25) is 5.88 Å². The fourth-order valence-electron chi connectivity index (χ4n) is 3.75. The summed E-state index contributed by atoms with van der Waals surface area (Å²) in [6.07, 6.45) is 5.83. The second-order valence-electron chi connectivity index (χ2n) is 7.73. The van der Waals surface area contributed by atoms with E-state index in [0.717, 1.165) is 35.5 Å². The molecule has 0 radical (unpaired) electrons. The van der Waals surface area contributed by atoms with E-state index in [1.165, 1.54) is 18.3 Å². The van der Waals surface area contributed by atoms with E-state index in [1.54, 1.807) is 6.20 Å². The minimum atomic E-state index is 0.273. The maximum Gasteiger partial charge on any atom is 0.207 e. The zero-order valence-corrected chi connectivity index (χ0v) is 23.6. The molecule has 6 heteroatoms. The summed E-state index contributed by atoms with van der Waals surface area (Å²) in [5.74, 6) is 0.668. The van der Waals surface area contributed by atoms with Crippen LogP contribution >= 0.6 is 0 Å². The van der Waals surface area contributed by atoms with Gasteiger partial charge in [0, 0.05) is 25.0 Å². The molecule has 0 aromatic heterocycles. The van der Waals surface area contributed by atoms with Crippen molar-refractivity contribution in [2.75, 3.05) is 25.1 Å². The Morgan fingerprint density at radius 3 is 2.44 bits per heavy atom. The summed E-state index contributed by atoms with van der Waals surface area (Å²) < 4.78 is 5.01. The maximum atomic E-state index is 9.62. The monoisotopic (exact) mass is 491 g/mol. The fourth-order valence-corrected chi connectivity index (χ4v) is 3.75. The predicted molar refractivity (Wildman–Crippen MR) is 157 cm³/mol.